The number of nitrogens with zero attached hydrogens (tertiary/aromatic N) is 4. The van der Waals surface area contributed by atoms with Gasteiger partial charge in [-0.25, -0.2) is 4.98 Å². The van der Waals surface area contributed by atoms with E-state index in [0.717, 1.165) is 53.8 Å². The third-order valence-corrected chi connectivity index (χ3v) is 7.42. The lowest BCUT2D eigenvalue weighted by atomic mass is 9.90. The Morgan fingerprint density at radius 1 is 1.24 bits per heavy atom. The maximum Gasteiger partial charge on any atom is 0.185 e. The van der Waals surface area contributed by atoms with Gasteiger partial charge in [0.15, 0.2) is 11.4 Å². The first-order valence-electron chi connectivity index (χ1n) is 12.1. The topological polar surface area (TPSA) is 109 Å². The van der Waals surface area contributed by atoms with Crippen LogP contribution in [0.5, 0.6) is 0 Å². The number of hydrogen-bond acceptors (Lipinski definition) is 8. The number of aromatic nitrogens is 2. The number of pyridine rings is 2. The van der Waals surface area contributed by atoms with E-state index >= 15 is 0 Å². The maximum atomic E-state index is 13.3. The summed E-state index contributed by atoms with van der Waals surface area (Å²) >= 11 is 0. The van der Waals surface area contributed by atoms with Crippen LogP contribution in [-0.4, -0.2) is 71.1 Å². The van der Waals surface area contributed by atoms with Gasteiger partial charge in [0.05, 0.1) is 12.4 Å². The van der Waals surface area contributed by atoms with E-state index in [1.54, 1.807) is 18.5 Å². The second kappa shape index (κ2) is 9.44. The molecular formula is C26H33N5O3. The van der Waals surface area contributed by atoms with Crippen LogP contribution in [0.4, 0.5) is 5.69 Å². The van der Waals surface area contributed by atoms with Gasteiger partial charge in [-0.15, -0.1) is 0 Å². The lowest BCUT2D eigenvalue weighted by Gasteiger charge is -2.40. The third kappa shape index (κ3) is 4.45. The normalized spacial score (nSPS) is 24.6. The van der Waals surface area contributed by atoms with E-state index in [1.807, 2.05) is 25.3 Å². The van der Waals surface area contributed by atoms with Crippen LogP contribution in [0.25, 0.3) is 11.1 Å². The van der Waals surface area contributed by atoms with Gasteiger partial charge in [-0.2, -0.15) is 0 Å². The molecule has 0 amide bonds. The van der Waals surface area contributed by atoms with E-state index in [4.69, 9.17) is 15.1 Å². The van der Waals surface area contributed by atoms with Crippen molar-refractivity contribution in [1.82, 2.24) is 14.9 Å². The molecule has 3 aromatic rings. The monoisotopic (exact) mass is 463 g/mol. The zero-order valence-electron chi connectivity index (χ0n) is 19.9. The zero-order valence-corrected chi connectivity index (χ0v) is 19.9. The molecule has 0 saturated carbocycles. The highest BCUT2D eigenvalue weighted by Gasteiger charge is 2.32. The molecule has 2 aliphatic rings. The number of carbonyl (C=O) groups is 1. The smallest absolute Gasteiger partial charge is 0.185 e. The zero-order chi connectivity index (χ0) is 23.8. The molecule has 3 atom stereocenters. The van der Waals surface area contributed by atoms with Crippen molar-refractivity contribution in [2.45, 2.75) is 44.2 Å². The van der Waals surface area contributed by atoms with E-state index in [0.29, 0.717) is 24.7 Å². The first-order chi connectivity index (χ1) is 16.4. The predicted molar refractivity (Wildman–Crippen MR) is 131 cm³/mol. The van der Waals surface area contributed by atoms with E-state index in [2.05, 4.69) is 21.8 Å². The van der Waals surface area contributed by atoms with Crippen LogP contribution in [0.3, 0.4) is 0 Å². The number of ketones is 1. The number of fused-ring (bicyclic) bond motifs is 1. The Kier molecular flexibility index (Phi) is 6.38. The molecule has 180 valence electrons. The molecule has 5 heterocycles. The summed E-state index contributed by atoms with van der Waals surface area (Å²) < 4.78 is 5.77. The summed E-state index contributed by atoms with van der Waals surface area (Å²) in [5, 5.41) is 10.2. The minimum Gasteiger partial charge on any atom is -0.462 e. The van der Waals surface area contributed by atoms with Crippen molar-refractivity contribution in [3.63, 3.8) is 0 Å². The van der Waals surface area contributed by atoms with Crippen molar-refractivity contribution in [2.75, 3.05) is 38.1 Å². The van der Waals surface area contributed by atoms with Gasteiger partial charge in [-0.05, 0) is 57.1 Å². The summed E-state index contributed by atoms with van der Waals surface area (Å²) in [6.45, 7) is 5.31. The number of Topliss-reactive ketones (excluding diaryl/α,β-unsaturated/α-hetero) is 1. The molecule has 2 aliphatic heterocycles. The van der Waals surface area contributed by atoms with E-state index in [1.165, 1.54) is 0 Å². The van der Waals surface area contributed by atoms with Crippen LogP contribution in [0, 0.1) is 5.92 Å². The third-order valence-electron chi connectivity index (χ3n) is 7.42. The van der Waals surface area contributed by atoms with Crippen molar-refractivity contribution in [3.8, 4) is 0 Å². The Hall–Kier alpha value is -2.81. The number of piperidine rings is 2. The molecule has 0 aliphatic carbocycles. The standard InChI is InChI=1S/C26H33N5O3/c1-16-13-31(14-20(27)26(16)33)22-5-8-28-12-18(22)11-23(32)21-3-4-24-25(29-21)19(15-34-24)17-6-9-30(2)10-7-17/h3-5,8,12,15-17,20,26,33H,6-7,9-11,13-14,27H2,1-2H3/t16-,20+,26+/m0/s1. The molecule has 34 heavy (non-hydrogen) atoms. The summed E-state index contributed by atoms with van der Waals surface area (Å²) in [7, 11) is 2.14. The molecule has 0 bridgehead atoms. The molecule has 0 spiro atoms. The molecule has 0 unspecified atom stereocenters. The summed E-state index contributed by atoms with van der Waals surface area (Å²) in [5.41, 5.74) is 11.0. The number of furan rings is 1. The number of aliphatic hydroxyl groups excluding tert-OH is 1. The summed E-state index contributed by atoms with van der Waals surface area (Å²) in [5.74, 6) is 0.394. The second-order valence-corrected chi connectivity index (χ2v) is 9.95. The molecule has 2 saturated heterocycles. The van der Waals surface area contributed by atoms with Gasteiger partial charge >= 0.3 is 0 Å². The van der Waals surface area contributed by atoms with Gasteiger partial charge in [0.2, 0.25) is 0 Å². The van der Waals surface area contributed by atoms with Gasteiger partial charge in [-0.3, -0.25) is 9.78 Å². The fourth-order valence-electron chi connectivity index (χ4n) is 5.33. The Morgan fingerprint density at radius 3 is 2.79 bits per heavy atom. The summed E-state index contributed by atoms with van der Waals surface area (Å²) in [4.78, 5) is 26.8. The van der Waals surface area contributed by atoms with Gasteiger partial charge in [-0.1, -0.05) is 6.92 Å². The minimum atomic E-state index is -0.521. The van der Waals surface area contributed by atoms with Crippen LogP contribution in [-0.2, 0) is 6.42 Å². The van der Waals surface area contributed by atoms with Crippen LogP contribution < -0.4 is 10.6 Å². The fourth-order valence-corrected chi connectivity index (χ4v) is 5.33. The van der Waals surface area contributed by atoms with Crippen LogP contribution in [0.1, 0.15) is 47.3 Å². The molecule has 0 radical (unpaired) electrons. The summed E-state index contributed by atoms with van der Waals surface area (Å²) in [6.07, 6.45) is 7.10. The average molecular weight is 464 g/mol. The average Bonchev–Trinajstić information content (AvgIpc) is 3.26. The van der Waals surface area contributed by atoms with E-state index < -0.39 is 6.10 Å². The SMILES string of the molecule is C[C@H]1CN(c2ccncc2CC(=O)c2ccc3occ(C4CCN(C)CC4)c3n2)C[C@@H](N)[C@@H]1O. The molecule has 3 N–H and O–H groups in total. The van der Waals surface area contributed by atoms with Crippen molar-refractivity contribution in [2.24, 2.45) is 11.7 Å². The largest absolute Gasteiger partial charge is 0.462 e. The van der Waals surface area contributed by atoms with Crippen molar-refractivity contribution >= 4 is 22.6 Å². The quantitative estimate of drug-likeness (QED) is 0.556. The number of nitrogens with two attached hydrogens (primary N) is 1. The van der Waals surface area contributed by atoms with Crippen molar-refractivity contribution in [3.05, 3.63) is 53.7 Å². The number of aliphatic hydroxyl groups is 1. The first-order valence-corrected chi connectivity index (χ1v) is 12.1. The van der Waals surface area contributed by atoms with Gasteiger partial charge in [0, 0.05) is 60.7 Å². The van der Waals surface area contributed by atoms with Gasteiger partial charge in [0.1, 0.15) is 11.2 Å². The minimum absolute atomic E-state index is 0.0450. The molecule has 8 heteroatoms. The van der Waals surface area contributed by atoms with Crippen LogP contribution in [0.2, 0.25) is 0 Å². The lowest BCUT2D eigenvalue weighted by molar-refractivity contribution is 0.0784. The Labute approximate surface area is 199 Å². The molecular weight excluding hydrogens is 430 g/mol. The number of anilines is 1. The number of carbonyl (C=O) groups excluding carboxylic acids is 1. The van der Waals surface area contributed by atoms with Crippen LogP contribution in [0.15, 0.2) is 41.3 Å². The first kappa shape index (κ1) is 23.0. The molecule has 2 fully saturated rings. The molecule has 8 nitrogen and oxygen atoms in total. The highest BCUT2D eigenvalue weighted by Crippen LogP contribution is 2.33. The molecule has 0 aromatic carbocycles. The van der Waals surface area contributed by atoms with Crippen molar-refractivity contribution < 1.29 is 14.3 Å². The number of likely N-dealkylation sites (tertiary alicyclic amines) is 1. The van der Waals surface area contributed by atoms with E-state index in [-0.39, 0.29) is 24.2 Å². The lowest BCUT2D eigenvalue weighted by Crippen LogP contribution is -2.55. The Bertz CT molecular complexity index is 1160. The van der Waals surface area contributed by atoms with E-state index in [9.17, 15) is 9.90 Å². The predicted octanol–water partition coefficient (Wildman–Crippen LogP) is 2.60. The molecule has 3 aromatic heterocycles. The second-order valence-electron chi connectivity index (χ2n) is 9.95. The highest BCUT2D eigenvalue weighted by molar-refractivity contribution is 5.98. The fraction of sp³-hybridized carbons (Fsp3) is 0.500. The Morgan fingerprint density at radius 2 is 2.03 bits per heavy atom. The molecule has 5 rings (SSSR count). The highest BCUT2D eigenvalue weighted by atomic mass is 16.3. The van der Waals surface area contributed by atoms with Crippen molar-refractivity contribution in [1.29, 1.82) is 0 Å². The summed E-state index contributed by atoms with van der Waals surface area (Å²) in [6, 6.07) is 5.19. The van der Waals surface area contributed by atoms with Gasteiger partial charge in [0.25, 0.3) is 0 Å². The number of hydrogen-bond donors (Lipinski definition) is 2. The van der Waals surface area contributed by atoms with Crippen LogP contribution >= 0.6 is 0 Å². The maximum absolute atomic E-state index is 13.3. The number of rotatable bonds is 5. The Balaban J connectivity index is 1.38. The van der Waals surface area contributed by atoms with Gasteiger partial charge < -0.3 is 25.1 Å².